The Bertz CT molecular complexity index is 1330. The zero-order chi connectivity index (χ0) is 24.2. The fourth-order valence-corrected chi connectivity index (χ4v) is 3.51. The van der Waals surface area contributed by atoms with Crippen molar-refractivity contribution in [3.05, 3.63) is 68.6 Å². The number of hydrogen-bond acceptors (Lipinski definition) is 3. The molecule has 1 fully saturated rings. The van der Waals surface area contributed by atoms with Crippen LogP contribution in [0.15, 0.2) is 29.2 Å². The Labute approximate surface area is 184 Å². The fraction of sp³-hybridized carbons (Fsp3) is 0.250. The quantitative estimate of drug-likeness (QED) is 0.319. The third-order valence-corrected chi connectivity index (χ3v) is 5.42. The predicted molar refractivity (Wildman–Crippen MR) is 102 cm³/mol. The first-order chi connectivity index (χ1) is 15.4. The number of hydrogen-bond donors (Lipinski definition) is 1. The number of carbonyl (C=O) groups excluding carboxylic acids is 1. The summed E-state index contributed by atoms with van der Waals surface area (Å²) in [5, 5.41) is -0.0596. The highest BCUT2D eigenvalue weighted by atomic mass is 35.5. The summed E-state index contributed by atoms with van der Waals surface area (Å²) in [6.07, 6.45) is -3.02. The fourth-order valence-electron chi connectivity index (χ4n) is 3.38. The second-order valence-electron chi connectivity index (χ2n) is 7.39. The summed E-state index contributed by atoms with van der Waals surface area (Å²) in [4.78, 5) is 29.0. The number of aromatic nitrogens is 2. The molecule has 0 radical (unpaired) electrons. The van der Waals surface area contributed by atoms with Crippen LogP contribution in [-0.4, -0.2) is 27.7 Å². The van der Waals surface area contributed by atoms with Crippen molar-refractivity contribution in [3.8, 4) is 5.69 Å². The van der Waals surface area contributed by atoms with Crippen LogP contribution >= 0.6 is 11.6 Å². The Balaban J connectivity index is 1.97. The van der Waals surface area contributed by atoms with Crippen molar-refractivity contribution >= 4 is 28.5 Å². The van der Waals surface area contributed by atoms with Crippen molar-refractivity contribution < 1.29 is 35.5 Å². The van der Waals surface area contributed by atoms with Gasteiger partial charge in [0.2, 0.25) is 11.2 Å². The molecule has 174 valence electrons. The van der Waals surface area contributed by atoms with Gasteiger partial charge in [-0.05, 0) is 18.9 Å². The van der Waals surface area contributed by atoms with Crippen LogP contribution in [-0.2, 0) is 0 Å². The zero-order valence-electron chi connectivity index (χ0n) is 16.1. The number of benzene rings is 1. The summed E-state index contributed by atoms with van der Waals surface area (Å²) in [6.45, 7) is 0. The molecule has 3 aromatic rings. The third-order valence-electron chi connectivity index (χ3n) is 5.15. The number of fused-ring (bicyclic) bond motifs is 1. The molecule has 1 aromatic carbocycles. The minimum atomic E-state index is -3.64. The summed E-state index contributed by atoms with van der Waals surface area (Å²) < 4.78 is 98.1. The second-order valence-corrected chi connectivity index (χ2v) is 7.75. The van der Waals surface area contributed by atoms with Crippen molar-refractivity contribution in [2.75, 3.05) is 0 Å². The van der Waals surface area contributed by atoms with E-state index in [1.54, 1.807) is 0 Å². The van der Waals surface area contributed by atoms with Crippen LogP contribution in [0.2, 0.25) is 5.15 Å². The van der Waals surface area contributed by atoms with Gasteiger partial charge in [0.05, 0.1) is 5.39 Å². The molecule has 1 N–H and O–H groups in total. The van der Waals surface area contributed by atoms with Crippen LogP contribution in [0.25, 0.3) is 16.7 Å². The summed E-state index contributed by atoms with van der Waals surface area (Å²) in [5.74, 6) is -11.8. The molecule has 13 heteroatoms. The molecule has 1 aliphatic rings. The lowest BCUT2D eigenvalue weighted by Gasteiger charge is -2.25. The molecule has 2 heterocycles. The average molecular weight is 494 g/mol. The van der Waals surface area contributed by atoms with Gasteiger partial charge >= 0.3 is 0 Å². The van der Waals surface area contributed by atoms with Gasteiger partial charge in [-0.15, -0.1) is 0 Å². The monoisotopic (exact) mass is 493 g/mol. The van der Waals surface area contributed by atoms with E-state index in [2.05, 4.69) is 4.98 Å². The van der Waals surface area contributed by atoms with Crippen LogP contribution in [0.4, 0.5) is 30.7 Å². The van der Waals surface area contributed by atoms with E-state index < -0.39 is 80.2 Å². The van der Waals surface area contributed by atoms with E-state index in [1.165, 1.54) is 5.32 Å². The zero-order valence-corrected chi connectivity index (χ0v) is 16.9. The first-order valence-corrected chi connectivity index (χ1v) is 9.67. The number of alkyl halides is 3. The Morgan fingerprint density at radius 3 is 2.27 bits per heavy atom. The molecule has 1 aliphatic carbocycles. The predicted octanol–water partition coefficient (Wildman–Crippen LogP) is 4.67. The lowest BCUT2D eigenvalue weighted by Crippen LogP contribution is -2.53. The standard InChI is InChI=1S/C20H11ClF7N3O2/c21-16-13(25)5-9-15(32)10(18(33)30-20(28,19(26)27)7-1-2-7)6-31(17(9)29-16)14-11(23)3-8(22)4-12(14)24/h3-7,19H,1-2H2,(H,30,33). The molecular weight excluding hydrogens is 483 g/mol. The van der Waals surface area contributed by atoms with Gasteiger partial charge in [-0.1, -0.05) is 11.6 Å². The van der Waals surface area contributed by atoms with Gasteiger partial charge in [0.15, 0.2) is 28.3 Å². The van der Waals surface area contributed by atoms with E-state index in [1.807, 2.05) is 0 Å². The number of rotatable bonds is 5. The SMILES string of the molecule is O=C(NC(F)(C(F)F)C1CC1)c1cn(-c2c(F)cc(F)cc2F)c2nc(Cl)c(F)cc2c1=O. The van der Waals surface area contributed by atoms with Gasteiger partial charge in [-0.25, -0.2) is 35.7 Å². The van der Waals surface area contributed by atoms with E-state index in [0.29, 0.717) is 16.8 Å². The first-order valence-electron chi connectivity index (χ1n) is 9.30. The minimum absolute atomic E-state index is 0.0582. The Morgan fingerprint density at radius 1 is 1.12 bits per heavy atom. The van der Waals surface area contributed by atoms with Crippen molar-refractivity contribution in [2.45, 2.75) is 25.1 Å². The molecule has 1 unspecified atom stereocenters. The number of amides is 1. The number of nitrogens with zero attached hydrogens (tertiary/aromatic N) is 2. The highest BCUT2D eigenvalue weighted by molar-refractivity contribution is 6.29. The average Bonchev–Trinajstić information content (AvgIpc) is 3.56. The van der Waals surface area contributed by atoms with Crippen LogP contribution in [0.1, 0.15) is 23.2 Å². The molecule has 33 heavy (non-hydrogen) atoms. The summed E-state index contributed by atoms with van der Waals surface area (Å²) >= 11 is 5.61. The molecule has 0 spiro atoms. The van der Waals surface area contributed by atoms with Gasteiger partial charge in [0, 0.05) is 24.2 Å². The molecule has 0 bridgehead atoms. The molecule has 0 saturated heterocycles. The number of halogens is 8. The van der Waals surface area contributed by atoms with Crippen molar-refractivity contribution in [1.29, 1.82) is 0 Å². The molecule has 1 atom stereocenters. The maximum absolute atomic E-state index is 14.8. The maximum Gasteiger partial charge on any atom is 0.290 e. The summed E-state index contributed by atoms with van der Waals surface area (Å²) in [7, 11) is 0. The summed E-state index contributed by atoms with van der Waals surface area (Å²) in [6, 6.07) is 1.07. The smallest absolute Gasteiger partial charge is 0.290 e. The van der Waals surface area contributed by atoms with Gasteiger partial charge in [0.1, 0.15) is 17.1 Å². The lowest BCUT2D eigenvalue weighted by atomic mass is 10.1. The van der Waals surface area contributed by atoms with Crippen LogP contribution in [0, 0.1) is 29.2 Å². The molecule has 1 amide bonds. The van der Waals surface area contributed by atoms with Crippen LogP contribution < -0.4 is 10.7 Å². The van der Waals surface area contributed by atoms with Crippen LogP contribution in [0.3, 0.4) is 0 Å². The molecule has 2 aromatic heterocycles. The van der Waals surface area contributed by atoms with E-state index in [4.69, 9.17) is 11.6 Å². The lowest BCUT2D eigenvalue weighted by molar-refractivity contribution is -0.0671. The Hall–Kier alpha value is -3.15. The number of carbonyl (C=O) groups is 1. The highest BCUT2D eigenvalue weighted by Gasteiger charge is 2.54. The largest absolute Gasteiger partial charge is 0.315 e. The normalized spacial score (nSPS) is 15.7. The highest BCUT2D eigenvalue weighted by Crippen LogP contribution is 2.44. The van der Waals surface area contributed by atoms with Gasteiger partial charge < -0.3 is 5.32 Å². The molecule has 4 rings (SSSR count). The molecular formula is C20H11ClF7N3O2. The Kier molecular flexibility index (Phi) is 5.59. The summed E-state index contributed by atoms with van der Waals surface area (Å²) in [5.41, 5.74) is -4.00. The van der Waals surface area contributed by atoms with Crippen LogP contribution in [0.5, 0.6) is 0 Å². The number of pyridine rings is 2. The van der Waals surface area contributed by atoms with E-state index >= 15 is 0 Å². The van der Waals surface area contributed by atoms with Gasteiger partial charge in [0.25, 0.3) is 12.3 Å². The minimum Gasteiger partial charge on any atom is -0.315 e. The van der Waals surface area contributed by atoms with E-state index in [0.717, 1.165) is 0 Å². The Morgan fingerprint density at radius 2 is 1.73 bits per heavy atom. The maximum atomic E-state index is 14.8. The van der Waals surface area contributed by atoms with Gasteiger partial charge in [-0.3, -0.25) is 14.2 Å². The van der Waals surface area contributed by atoms with Crippen molar-refractivity contribution in [1.82, 2.24) is 14.9 Å². The third kappa shape index (κ3) is 3.92. The molecule has 5 nitrogen and oxygen atoms in total. The van der Waals surface area contributed by atoms with Gasteiger partial charge in [-0.2, -0.15) is 0 Å². The number of nitrogens with one attached hydrogen (secondary N) is 1. The van der Waals surface area contributed by atoms with E-state index in [-0.39, 0.29) is 25.0 Å². The van der Waals surface area contributed by atoms with Crippen molar-refractivity contribution in [2.24, 2.45) is 5.92 Å². The molecule has 0 aliphatic heterocycles. The second kappa shape index (κ2) is 8.01. The van der Waals surface area contributed by atoms with Crippen molar-refractivity contribution in [3.63, 3.8) is 0 Å². The molecule has 1 saturated carbocycles. The first kappa shape index (κ1) is 23.0. The topological polar surface area (TPSA) is 64.0 Å². The van der Waals surface area contributed by atoms with E-state index in [9.17, 15) is 40.3 Å².